The first kappa shape index (κ1) is 15.7. The van der Waals surface area contributed by atoms with Gasteiger partial charge in [-0.25, -0.2) is 4.98 Å². The molecule has 0 spiro atoms. The van der Waals surface area contributed by atoms with Crippen LogP contribution >= 0.6 is 22.9 Å². The van der Waals surface area contributed by atoms with Crippen LogP contribution < -0.4 is 5.32 Å². The average molecular weight is 360 g/mol. The van der Waals surface area contributed by atoms with Gasteiger partial charge in [0, 0.05) is 10.6 Å². The number of aromatic hydroxyl groups is 1. The molecule has 0 bridgehead atoms. The number of nitrogens with one attached hydrogen (secondary N) is 1. The Bertz CT molecular complexity index is 938. The smallest absolute Gasteiger partial charge is 0.225 e. The minimum Gasteiger partial charge on any atom is -0.508 e. The summed E-state index contributed by atoms with van der Waals surface area (Å²) >= 11 is 7.89. The lowest BCUT2D eigenvalue weighted by Crippen LogP contribution is -2.09. The van der Waals surface area contributed by atoms with E-state index in [0.29, 0.717) is 5.92 Å². The van der Waals surface area contributed by atoms with Crippen LogP contribution in [0.5, 0.6) is 5.75 Å². The second-order valence-electron chi connectivity index (χ2n) is 6.50. The highest BCUT2D eigenvalue weighted by Gasteiger charge is 2.24. The van der Waals surface area contributed by atoms with Crippen molar-refractivity contribution in [2.45, 2.75) is 33.1 Å². The fourth-order valence-corrected chi connectivity index (χ4v) is 4.92. The number of halogens is 1. The summed E-state index contributed by atoms with van der Waals surface area (Å²) in [6, 6.07) is 5.25. The van der Waals surface area contributed by atoms with E-state index in [1.54, 1.807) is 23.5 Å². The molecular weight excluding hydrogens is 342 g/mol. The summed E-state index contributed by atoms with van der Waals surface area (Å²) in [6.07, 6.45) is 3.36. The predicted octanol–water partition coefficient (Wildman–Crippen LogP) is 5.23. The number of thiophene rings is 1. The Morgan fingerprint density at radius 3 is 2.96 bits per heavy atom. The molecule has 0 amide bonds. The molecule has 1 aliphatic carbocycles. The topological polar surface area (TPSA) is 58.0 Å². The average Bonchev–Trinajstić information content (AvgIpc) is 2.86. The summed E-state index contributed by atoms with van der Waals surface area (Å²) in [7, 11) is 0. The number of aromatic nitrogens is 2. The molecule has 0 saturated heterocycles. The molecule has 124 valence electrons. The van der Waals surface area contributed by atoms with Gasteiger partial charge in [0.25, 0.3) is 0 Å². The third-order valence-electron chi connectivity index (χ3n) is 4.59. The summed E-state index contributed by atoms with van der Waals surface area (Å²) in [4.78, 5) is 11.2. The lowest BCUT2D eigenvalue weighted by atomic mass is 9.89. The molecule has 24 heavy (non-hydrogen) atoms. The summed E-state index contributed by atoms with van der Waals surface area (Å²) in [6.45, 7) is 4.25. The minimum absolute atomic E-state index is 0.255. The first-order valence-corrected chi connectivity index (χ1v) is 9.25. The number of rotatable bonds is 2. The van der Waals surface area contributed by atoms with Crippen LogP contribution in [-0.2, 0) is 12.8 Å². The van der Waals surface area contributed by atoms with Crippen LogP contribution in [-0.4, -0.2) is 15.1 Å². The van der Waals surface area contributed by atoms with Crippen LogP contribution in [0.15, 0.2) is 18.2 Å². The van der Waals surface area contributed by atoms with Crippen molar-refractivity contribution in [1.29, 1.82) is 0 Å². The van der Waals surface area contributed by atoms with Gasteiger partial charge in [-0.15, -0.1) is 11.3 Å². The number of nitrogens with zero attached hydrogens (tertiary/aromatic N) is 2. The second-order valence-corrected chi connectivity index (χ2v) is 7.92. The Kier molecular flexibility index (Phi) is 3.85. The van der Waals surface area contributed by atoms with Gasteiger partial charge in [0.05, 0.1) is 5.39 Å². The molecule has 2 N–H and O–H groups in total. The number of hydrogen-bond donors (Lipinski definition) is 2. The van der Waals surface area contributed by atoms with Crippen molar-refractivity contribution in [3.05, 3.63) is 39.5 Å². The lowest BCUT2D eigenvalue weighted by Gasteiger charge is -2.18. The van der Waals surface area contributed by atoms with Gasteiger partial charge in [-0.3, -0.25) is 0 Å². The lowest BCUT2D eigenvalue weighted by molar-refractivity contribution is 0.475. The molecule has 3 aromatic rings. The number of hydrogen-bond acceptors (Lipinski definition) is 5. The highest BCUT2D eigenvalue weighted by molar-refractivity contribution is 7.19. The van der Waals surface area contributed by atoms with E-state index < -0.39 is 0 Å². The van der Waals surface area contributed by atoms with Gasteiger partial charge in [0.1, 0.15) is 16.4 Å². The summed E-state index contributed by atoms with van der Waals surface area (Å²) < 4.78 is 0. The summed E-state index contributed by atoms with van der Waals surface area (Å²) in [5.41, 5.74) is 3.23. The molecule has 0 radical (unpaired) electrons. The highest BCUT2D eigenvalue weighted by Crippen LogP contribution is 2.41. The molecule has 0 saturated carbocycles. The van der Waals surface area contributed by atoms with E-state index in [4.69, 9.17) is 11.6 Å². The molecule has 2 aromatic heterocycles. The second kappa shape index (κ2) is 5.90. The maximum atomic E-state index is 9.60. The maximum Gasteiger partial charge on any atom is 0.225 e. The zero-order valence-corrected chi connectivity index (χ0v) is 15.1. The fourth-order valence-electron chi connectivity index (χ4n) is 3.32. The summed E-state index contributed by atoms with van der Waals surface area (Å²) in [5, 5.41) is 14.3. The number of phenolic OH excluding ortho intramolecular Hbond substituents is 1. The van der Waals surface area contributed by atoms with E-state index >= 15 is 0 Å². The van der Waals surface area contributed by atoms with E-state index in [2.05, 4.69) is 22.2 Å². The number of anilines is 2. The molecule has 1 aromatic carbocycles. The molecule has 1 atom stereocenters. The van der Waals surface area contributed by atoms with Crippen molar-refractivity contribution < 1.29 is 5.11 Å². The molecule has 2 heterocycles. The van der Waals surface area contributed by atoms with Gasteiger partial charge in [-0.05, 0) is 73.0 Å². The van der Waals surface area contributed by atoms with Crippen LogP contribution in [0.4, 0.5) is 11.5 Å². The monoisotopic (exact) mass is 359 g/mol. The van der Waals surface area contributed by atoms with Crippen molar-refractivity contribution in [3.8, 4) is 5.75 Å². The molecule has 4 nitrogen and oxygen atoms in total. The number of phenols is 1. The Morgan fingerprint density at radius 1 is 1.33 bits per heavy atom. The van der Waals surface area contributed by atoms with Gasteiger partial charge < -0.3 is 10.4 Å². The van der Waals surface area contributed by atoms with Gasteiger partial charge in [0.2, 0.25) is 5.28 Å². The Labute approximate surface area is 149 Å². The van der Waals surface area contributed by atoms with Gasteiger partial charge in [-0.1, -0.05) is 6.92 Å². The van der Waals surface area contributed by atoms with E-state index in [1.807, 2.05) is 13.0 Å². The Balaban J connectivity index is 1.85. The Morgan fingerprint density at radius 2 is 2.17 bits per heavy atom. The number of aryl methyl sites for hydroxylation is 2. The first-order chi connectivity index (χ1) is 11.5. The standard InChI is InChI=1S/C18H18ClN3OS/c1-9-3-5-12-14(7-9)24-17-15(12)16(21-18(19)22-17)20-13-6-4-11(23)8-10(13)2/h4,6,8-9,23H,3,5,7H2,1-2H3,(H,20,21,22). The van der Waals surface area contributed by atoms with Crippen LogP contribution in [0.3, 0.4) is 0 Å². The van der Waals surface area contributed by atoms with Gasteiger partial charge in [-0.2, -0.15) is 4.98 Å². The Hall–Kier alpha value is -1.85. The van der Waals surface area contributed by atoms with Crippen molar-refractivity contribution >= 4 is 44.7 Å². The van der Waals surface area contributed by atoms with E-state index in [0.717, 1.165) is 40.1 Å². The molecule has 1 aliphatic rings. The molecule has 4 rings (SSSR count). The van der Waals surface area contributed by atoms with Crippen molar-refractivity contribution in [2.24, 2.45) is 5.92 Å². The predicted molar refractivity (Wildman–Crippen MR) is 99.7 cm³/mol. The zero-order chi connectivity index (χ0) is 16.8. The van der Waals surface area contributed by atoms with Crippen molar-refractivity contribution in [1.82, 2.24) is 9.97 Å². The van der Waals surface area contributed by atoms with Gasteiger partial charge >= 0.3 is 0 Å². The quantitative estimate of drug-likeness (QED) is 0.486. The van der Waals surface area contributed by atoms with Gasteiger partial charge in [0.15, 0.2) is 0 Å². The molecule has 1 unspecified atom stereocenters. The molecular formula is C18H18ClN3OS. The highest BCUT2D eigenvalue weighted by atomic mass is 35.5. The number of benzene rings is 1. The van der Waals surface area contributed by atoms with Crippen molar-refractivity contribution in [2.75, 3.05) is 5.32 Å². The molecule has 0 fully saturated rings. The third-order valence-corrected chi connectivity index (χ3v) is 5.91. The van der Waals surface area contributed by atoms with E-state index in [1.165, 1.54) is 16.9 Å². The zero-order valence-electron chi connectivity index (χ0n) is 13.6. The largest absolute Gasteiger partial charge is 0.508 e. The first-order valence-electron chi connectivity index (χ1n) is 8.05. The molecule has 0 aliphatic heterocycles. The maximum absolute atomic E-state index is 9.60. The van der Waals surface area contributed by atoms with Crippen LogP contribution in [0.1, 0.15) is 29.3 Å². The van der Waals surface area contributed by atoms with E-state index in [9.17, 15) is 5.11 Å². The van der Waals surface area contributed by atoms with E-state index in [-0.39, 0.29) is 11.0 Å². The number of fused-ring (bicyclic) bond motifs is 3. The summed E-state index contributed by atoms with van der Waals surface area (Å²) in [5.74, 6) is 1.72. The minimum atomic E-state index is 0.255. The van der Waals surface area contributed by atoms with Crippen molar-refractivity contribution in [3.63, 3.8) is 0 Å². The normalized spacial score (nSPS) is 17.0. The van der Waals surface area contributed by atoms with Crippen LogP contribution in [0.2, 0.25) is 5.28 Å². The fraction of sp³-hybridized carbons (Fsp3) is 0.333. The van der Waals surface area contributed by atoms with Crippen LogP contribution in [0.25, 0.3) is 10.2 Å². The third kappa shape index (κ3) is 2.72. The molecule has 6 heteroatoms. The SMILES string of the molecule is Cc1cc(O)ccc1Nc1nc(Cl)nc2sc3c(c12)CCC(C)C3. The van der Waals surface area contributed by atoms with Crippen LogP contribution in [0, 0.1) is 12.8 Å².